The van der Waals surface area contributed by atoms with E-state index in [1.807, 2.05) is 12.1 Å². The normalized spacial score (nSPS) is 17.9. The Hall–Kier alpha value is -1.35. The first-order valence-electron chi connectivity index (χ1n) is 7.03. The maximum absolute atomic E-state index is 12.3. The molecule has 0 aromatic heterocycles. The summed E-state index contributed by atoms with van der Waals surface area (Å²) in [6, 6.07) is 8.16. The summed E-state index contributed by atoms with van der Waals surface area (Å²) >= 11 is 0. The third-order valence-corrected chi connectivity index (χ3v) is 4.38. The molecule has 104 valence electrons. The zero-order valence-corrected chi connectivity index (χ0v) is 12.0. The van der Waals surface area contributed by atoms with Gasteiger partial charge in [-0.2, -0.15) is 0 Å². The minimum atomic E-state index is -0.496. The molecule has 1 unspecified atom stereocenters. The molecule has 1 atom stereocenters. The number of benzene rings is 1. The number of rotatable bonds is 5. The lowest BCUT2D eigenvalue weighted by Gasteiger charge is -2.23. The summed E-state index contributed by atoms with van der Waals surface area (Å²) in [4.78, 5) is 14.0. The van der Waals surface area contributed by atoms with Crippen LogP contribution in [-0.4, -0.2) is 24.7 Å². The summed E-state index contributed by atoms with van der Waals surface area (Å²) in [6.45, 7) is 4.34. The van der Waals surface area contributed by atoms with Crippen LogP contribution in [0, 0.1) is 5.41 Å². The van der Waals surface area contributed by atoms with Gasteiger partial charge in [-0.3, -0.25) is 4.79 Å². The number of carbonyl (C=O) groups is 1. The van der Waals surface area contributed by atoms with Crippen LogP contribution in [0.2, 0.25) is 0 Å². The number of anilines is 1. The van der Waals surface area contributed by atoms with Gasteiger partial charge in [0.05, 0.1) is 12.0 Å². The molecular weight excluding hydrogens is 238 g/mol. The quantitative estimate of drug-likeness (QED) is 0.885. The molecule has 0 bridgehead atoms. The van der Waals surface area contributed by atoms with Gasteiger partial charge in [0.25, 0.3) is 0 Å². The Morgan fingerprint density at radius 1 is 1.37 bits per heavy atom. The van der Waals surface area contributed by atoms with Gasteiger partial charge in [-0.15, -0.1) is 0 Å². The third kappa shape index (κ3) is 2.66. The second-order valence-corrected chi connectivity index (χ2v) is 5.70. The number of amides is 1. The van der Waals surface area contributed by atoms with E-state index in [1.165, 1.54) is 5.56 Å². The Bertz CT molecular complexity index is 448. The van der Waals surface area contributed by atoms with E-state index in [-0.39, 0.29) is 12.5 Å². The van der Waals surface area contributed by atoms with Gasteiger partial charge in [0.15, 0.2) is 0 Å². The fourth-order valence-electron chi connectivity index (χ4n) is 2.33. The van der Waals surface area contributed by atoms with Crippen LogP contribution in [0.1, 0.15) is 44.6 Å². The van der Waals surface area contributed by atoms with Gasteiger partial charge < -0.3 is 10.0 Å². The van der Waals surface area contributed by atoms with Crippen LogP contribution in [0.25, 0.3) is 0 Å². The largest absolute Gasteiger partial charge is 0.395 e. The molecule has 2 rings (SSSR count). The van der Waals surface area contributed by atoms with Crippen LogP contribution in [0.5, 0.6) is 0 Å². The van der Waals surface area contributed by atoms with Gasteiger partial charge in [-0.05, 0) is 42.9 Å². The lowest BCUT2D eigenvalue weighted by Crippen LogP contribution is -2.36. The van der Waals surface area contributed by atoms with Gasteiger partial charge in [0.2, 0.25) is 5.91 Å². The van der Waals surface area contributed by atoms with Crippen LogP contribution < -0.4 is 4.90 Å². The van der Waals surface area contributed by atoms with Crippen molar-refractivity contribution in [2.45, 2.75) is 39.0 Å². The molecule has 1 aromatic rings. The molecule has 0 aliphatic heterocycles. The van der Waals surface area contributed by atoms with Crippen molar-refractivity contribution in [3.8, 4) is 0 Å². The molecule has 3 nitrogen and oxygen atoms in total. The zero-order valence-electron chi connectivity index (χ0n) is 12.0. The Morgan fingerprint density at radius 2 is 1.95 bits per heavy atom. The standard InChI is InChI=1S/C16H23NO2/c1-4-12(2)13-5-7-14(8-6-13)17(3)15(19)16(11-18)9-10-16/h5-8,12,18H,4,9-11H2,1-3H3. The molecule has 0 heterocycles. The van der Waals surface area contributed by atoms with E-state index in [2.05, 4.69) is 26.0 Å². The van der Waals surface area contributed by atoms with Crippen LogP contribution in [0.15, 0.2) is 24.3 Å². The van der Waals surface area contributed by atoms with E-state index in [4.69, 9.17) is 0 Å². The number of carbonyl (C=O) groups excluding carboxylic acids is 1. The highest BCUT2D eigenvalue weighted by Gasteiger charge is 2.50. The van der Waals surface area contributed by atoms with Crippen molar-refractivity contribution < 1.29 is 9.90 Å². The average molecular weight is 261 g/mol. The highest BCUT2D eigenvalue weighted by atomic mass is 16.3. The van der Waals surface area contributed by atoms with Crippen LogP contribution >= 0.6 is 0 Å². The highest BCUT2D eigenvalue weighted by Crippen LogP contribution is 2.47. The van der Waals surface area contributed by atoms with E-state index in [9.17, 15) is 9.90 Å². The fourth-order valence-corrected chi connectivity index (χ4v) is 2.33. The summed E-state index contributed by atoms with van der Waals surface area (Å²) in [5.41, 5.74) is 1.71. The summed E-state index contributed by atoms with van der Waals surface area (Å²) in [5.74, 6) is 0.577. The molecule has 1 amide bonds. The fraction of sp³-hybridized carbons (Fsp3) is 0.562. The van der Waals surface area contributed by atoms with E-state index in [1.54, 1.807) is 11.9 Å². The van der Waals surface area contributed by atoms with Crippen molar-refractivity contribution >= 4 is 11.6 Å². The van der Waals surface area contributed by atoms with E-state index in [0.717, 1.165) is 24.9 Å². The predicted octanol–water partition coefficient (Wildman–Crippen LogP) is 2.94. The zero-order chi connectivity index (χ0) is 14.0. The molecule has 1 aromatic carbocycles. The summed E-state index contributed by atoms with van der Waals surface area (Å²) in [5, 5.41) is 9.32. The first kappa shape index (κ1) is 14.1. The molecule has 1 fully saturated rings. The molecule has 1 N–H and O–H groups in total. The smallest absolute Gasteiger partial charge is 0.235 e. The number of aliphatic hydroxyl groups is 1. The lowest BCUT2D eigenvalue weighted by molar-refractivity contribution is -0.124. The minimum absolute atomic E-state index is 0.0336. The summed E-state index contributed by atoms with van der Waals surface area (Å²) in [7, 11) is 1.79. The van der Waals surface area contributed by atoms with Gasteiger partial charge in [0.1, 0.15) is 0 Å². The van der Waals surface area contributed by atoms with E-state index in [0.29, 0.717) is 5.92 Å². The molecule has 19 heavy (non-hydrogen) atoms. The van der Waals surface area contributed by atoms with Crippen LogP contribution in [0.4, 0.5) is 5.69 Å². The van der Waals surface area contributed by atoms with Crippen molar-refractivity contribution in [1.82, 2.24) is 0 Å². The molecule has 0 saturated heterocycles. The third-order valence-electron chi connectivity index (χ3n) is 4.38. The Balaban J connectivity index is 2.11. The highest BCUT2D eigenvalue weighted by molar-refractivity contribution is 5.99. The lowest BCUT2D eigenvalue weighted by atomic mass is 9.98. The Labute approximate surface area is 115 Å². The average Bonchev–Trinajstić information content (AvgIpc) is 3.26. The van der Waals surface area contributed by atoms with Gasteiger partial charge >= 0.3 is 0 Å². The molecule has 3 heteroatoms. The van der Waals surface area contributed by atoms with E-state index >= 15 is 0 Å². The molecule has 1 aliphatic carbocycles. The van der Waals surface area contributed by atoms with Crippen molar-refractivity contribution in [3.05, 3.63) is 29.8 Å². The Morgan fingerprint density at radius 3 is 2.37 bits per heavy atom. The van der Waals surface area contributed by atoms with Crippen LogP contribution in [-0.2, 0) is 4.79 Å². The van der Waals surface area contributed by atoms with Crippen molar-refractivity contribution in [2.24, 2.45) is 5.41 Å². The molecular formula is C16H23NO2. The SMILES string of the molecule is CCC(C)c1ccc(N(C)C(=O)C2(CO)CC2)cc1. The van der Waals surface area contributed by atoms with E-state index < -0.39 is 5.41 Å². The molecule has 0 spiro atoms. The predicted molar refractivity (Wildman–Crippen MR) is 77.3 cm³/mol. The second-order valence-electron chi connectivity index (χ2n) is 5.70. The topological polar surface area (TPSA) is 40.5 Å². The summed E-state index contributed by atoms with van der Waals surface area (Å²) < 4.78 is 0. The molecule has 0 radical (unpaired) electrons. The second kappa shape index (κ2) is 5.33. The van der Waals surface area contributed by atoms with Gasteiger partial charge in [0, 0.05) is 12.7 Å². The number of hydrogen-bond donors (Lipinski definition) is 1. The van der Waals surface area contributed by atoms with Gasteiger partial charge in [-0.25, -0.2) is 0 Å². The Kier molecular flexibility index (Phi) is 3.95. The van der Waals surface area contributed by atoms with Crippen molar-refractivity contribution in [3.63, 3.8) is 0 Å². The molecule has 1 aliphatic rings. The van der Waals surface area contributed by atoms with Crippen molar-refractivity contribution in [1.29, 1.82) is 0 Å². The monoisotopic (exact) mass is 261 g/mol. The summed E-state index contributed by atoms with van der Waals surface area (Å²) in [6.07, 6.45) is 2.72. The van der Waals surface area contributed by atoms with Crippen LogP contribution in [0.3, 0.4) is 0 Å². The number of aliphatic hydroxyl groups excluding tert-OH is 1. The maximum Gasteiger partial charge on any atom is 0.235 e. The number of nitrogens with zero attached hydrogens (tertiary/aromatic N) is 1. The number of hydrogen-bond acceptors (Lipinski definition) is 2. The minimum Gasteiger partial charge on any atom is -0.395 e. The molecule has 1 saturated carbocycles. The first-order valence-corrected chi connectivity index (χ1v) is 7.03. The first-order chi connectivity index (χ1) is 9.04. The van der Waals surface area contributed by atoms with Gasteiger partial charge in [-0.1, -0.05) is 26.0 Å². The van der Waals surface area contributed by atoms with Crippen molar-refractivity contribution in [2.75, 3.05) is 18.6 Å². The maximum atomic E-state index is 12.3.